The Balaban J connectivity index is 1.77. The van der Waals surface area contributed by atoms with E-state index in [4.69, 9.17) is 5.11 Å². The van der Waals surface area contributed by atoms with Crippen molar-refractivity contribution in [1.29, 1.82) is 0 Å². The van der Waals surface area contributed by atoms with E-state index in [1.54, 1.807) is 0 Å². The molecule has 0 aromatic carbocycles. The fraction of sp³-hybridized carbons (Fsp3) is 0.538. The van der Waals surface area contributed by atoms with Gasteiger partial charge in [0.2, 0.25) is 0 Å². The number of hydrogen-bond donors (Lipinski definition) is 2. The third-order valence-corrected chi connectivity index (χ3v) is 3.19. The van der Waals surface area contributed by atoms with Gasteiger partial charge >= 0.3 is 5.97 Å². The minimum atomic E-state index is -0.746. The predicted molar refractivity (Wildman–Crippen MR) is 69.6 cm³/mol. The number of nitrogens with zero attached hydrogens (tertiary/aromatic N) is 2. The van der Waals surface area contributed by atoms with Gasteiger partial charge < -0.3 is 10.4 Å². The van der Waals surface area contributed by atoms with Gasteiger partial charge in [-0.1, -0.05) is 6.07 Å². The van der Waals surface area contributed by atoms with Gasteiger partial charge in [-0.25, -0.2) is 4.98 Å². The third-order valence-electron chi connectivity index (χ3n) is 3.19. The minimum absolute atomic E-state index is 0.152. The van der Waals surface area contributed by atoms with Gasteiger partial charge in [-0.15, -0.1) is 0 Å². The second-order valence-corrected chi connectivity index (χ2v) is 4.83. The number of carboxylic acids is 1. The SMILES string of the molecule is Cc1cccc(NCC2CCN(CC(=O)O)C2)n1. The summed E-state index contributed by atoms with van der Waals surface area (Å²) in [7, 11) is 0. The highest BCUT2D eigenvalue weighted by molar-refractivity contribution is 5.69. The zero-order valence-corrected chi connectivity index (χ0v) is 10.6. The van der Waals surface area contributed by atoms with E-state index in [9.17, 15) is 4.79 Å². The first-order valence-corrected chi connectivity index (χ1v) is 6.25. The summed E-state index contributed by atoms with van der Waals surface area (Å²) in [6.07, 6.45) is 1.05. The molecule has 5 nitrogen and oxygen atoms in total. The van der Waals surface area contributed by atoms with Crippen LogP contribution in [0.1, 0.15) is 12.1 Å². The zero-order valence-electron chi connectivity index (χ0n) is 10.6. The summed E-state index contributed by atoms with van der Waals surface area (Å²) in [4.78, 5) is 17.0. The summed E-state index contributed by atoms with van der Waals surface area (Å²) in [5.41, 5.74) is 0.999. The average Bonchev–Trinajstić information content (AvgIpc) is 2.73. The molecule has 2 heterocycles. The van der Waals surface area contributed by atoms with E-state index in [2.05, 4.69) is 10.3 Å². The summed E-state index contributed by atoms with van der Waals surface area (Å²) in [5, 5.41) is 12.0. The molecule has 0 spiro atoms. The van der Waals surface area contributed by atoms with E-state index in [1.165, 1.54) is 0 Å². The van der Waals surface area contributed by atoms with Crippen molar-refractivity contribution in [2.24, 2.45) is 5.92 Å². The van der Waals surface area contributed by atoms with Crippen LogP contribution in [0.15, 0.2) is 18.2 Å². The fourth-order valence-electron chi connectivity index (χ4n) is 2.30. The number of likely N-dealkylation sites (tertiary alicyclic amines) is 1. The van der Waals surface area contributed by atoms with E-state index in [0.29, 0.717) is 5.92 Å². The Morgan fingerprint density at radius 3 is 3.17 bits per heavy atom. The molecule has 1 aromatic heterocycles. The van der Waals surface area contributed by atoms with Gasteiger partial charge in [0.25, 0.3) is 0 Å². The third kappa shape index (κ3) is 3.70. The second kappa shape index (κ2) is 5.82. The maximum Gasteiger partial charge on any atom is 0.317 e. The van der Waals surface area contributed by atoms with Crippen LogP contribution in [0.3, 0.4) is 0 Å². The molecule has 1 fully saturated rings. The molecule has 1 saturated heterocycles. The molecule has 1 atom stereocenters. The Morgan fingerprint density at radius 1 is 1.61 bits per heavy atom. The highest BCUT2D eigenvalue weighted by Gasteiger charge is 2.23. The van der Waals surface area contributed by atoms with Crippen molar-refractivity contribution in [3.8, 4) is 0 Å². The quantitative estimate of drug-likeness (QED) is 0.821. The van der Waals surface area contributed by atoms with Crippen molar-refractivity contribution in [3.05, 3.63) is 23.9 Å². The minimum Gasteiger partial charge on any atom is -0.480 e. The summed E-state index contributed by atoms with van der Waals surface area (Å²) in [6, 6.07) is 5.91. The Morgan fingerprint density at radius 2 is 2.44 bits per heavy atom. The highest BCUT2D eigenvalue weighted by Crippen LogP contribution is 2.16. The molecule has 1 aliphatic heterocycles. The van der Waals surface area contributed by atoms with E-state index >= 15 is 0 Å². The standard InChI is InChI=1S/C13H19N3O2/c1-10-3-2-4-12(15-10)14-7-11-5-6-16(8-11)9-13(17)18/h2-4,11H,5-9H2,1H3,(H,14,15)(H,17,18). The molecule has 2 N–H and O–H groups in total. The van der Waals surface area contributed by atoms with E-state index in [0.717, 1.165) is 37.6 Å². The molecule has 0 bridgehead atoms. The lowest BCUT2D eigenvalue weighted by Gasteiger charge is -2.14. The second-order valence-electron chi connectivity index (χ2n) is 4.83. The number of carboxylic acid groups (broad SMARTS) is 1. The first kappa shape index (κ1) is 12.8. The first-order chi connectivity index (χ1) is 8.63. The van der Waals surface area contributed by atoms with Crippen molar-refractivity contribution in [2.75, 3.05) is 31.5 Å². The van der Waals surface area contributed by atoms with Gasteiger partial charge in [0.05, 0.1) is 6.54 Å². The molecule has 0 aliphatic carbocycles. The number of hydrogen-bond acceptors (Lipinski definition) is 4. The van der Waals surface area contributed by atoms with Gasteiger partial charge in [0, 0.05) is 18.8 Å². The molecule has 5 heteroatoms. The Bertz CT molecular complexity index is 422. The Kier molecular flexibility index (Phi) is 4.15. The van der Waals surface area contributed by atoms with Gasteiger partial charge in [-0.3, -0.25) is 9.69 Å². The lowest BCUT2D eigenvalue weighted by Crippen LogP contribution is -2.28. The smallest absolute Gasteiger partial charge is 0.317 e. The normalized spacial score (nSPS) is 19.9. The molecule has 0 radical (unpaired) electrons. The molecule has 1 unspecified atom stereocenters. The van der Waals surface area contributed by atoms with Crippen molar-refractivity contribution >= 4 is 11.8 Å². The lowest BCUT2D eigenvalue weighted by atomic mass is 10.1. The van der Waals surface area contributed by atoms with E-state index in [1.807, 2.05) is 30.0 Å². The van der Waals surface area contributed by atoms with Crippen molar-refractivity contribution < 1.29 is 9.90 Å². The highest BCUT2D eigenvalue weighted by atomic mass is 16.4. The van der Waals surface area contributed by atoms with Crippen LogP contribution in [-0.4, -0.2) is 47.1 Å². The molecule has 1 aromatic rings. The average molecular weight is 249 g/mol. The summed E-state index contributed by atoms with van der Waals surface area (Å²) in [6.45, 7) is 4.70. The topological polar surface area (TPSA) is 65.5 Å². The number of carbonyl (C=O) groups is 1. The van der Waals surface area contributed by atoms with Gasteiger partial charge in [0.1, 0.15) is 5.82 Å². The monoisotopic (exact) mass is 249 g/mol. The van der Waals surface area contributed by atoms with Crippen molar-refractivity contribution in [3.63, 3.8) is 0 Å². The predicted octanol–water partition coefficient (Wildman–Crippen LogP) is 1.21. The van der Waals surface area contributed by atoms with Crippen LogP contribution in [0.4, 0.5) is 5.82 Å². The van der Waals surface area contributed by atoms with Crippen LogP contribution in [0.5, 0.6) is 0 Å². The Hall–Kier alpha value is -1.62. The molecule has 0 amide bonds. The molecular formula is C13H19N3O2. The number of anilines is 1. The zero-order chi connectivity index (χ0) is 13.0. The van der Waals surface area contributed by atoms with Crippen molar-refractivity contribution in [1.82, 2.24) is 9.88 Å². The van der Waals surface area contributed by atoms with Crippen molar-refractivity contribution in [2.45, 2.75) is 13.3 Å². The number of rotatable bonds is 5. The lowest BCUT2D eigenvalue weighted by molar-refractivity contribution is -0.138. The summed E-state index contributed by atoms with van der Waals surface area (Å²) in [5.74, 6) is 0.655. The molecule has 2 rings (SSSR count). The molecule has 98 valence electrons. The summed E-state index contributed by atoms with van der Waals surface area (Å²) < 4.78 is 0. The number of aromatic nitrogens is 1. The number of nitrogens with one attached hydrogen (secondary N) is 1. The first-order valence-electron chi connectivity index (χ1n) is 6.25. The summed E-state index contributed by atoms with van der Waals surface area (Å²) >= 11 is 0. The maximum absolute atomic E-state index is 10.6. The maximum atomic E-state index is 10.6. The Labute approximate surface area is 107 Å². The number of aliphatic carboxylic acids is 1. The molecule has 18 heavy (non-hydrogen) atoms. The van der Waals surface area contributed by atoms with Crippen LogP contribution < -0.4 is 5.32 Å². The van der Waals surface area contributed by atoms with E-state index < -0.39 is 5.97 Å². The van der Waals surface area contributed by atoms with Crippen LogP contribution in [0.25, 0.3) is 0 Å². The number of aryl methyl sites for hydroxylation is 1. The number of pyridine rings is 1. The van der Waals surface area contributed by atoms with Gasteiger partial charge in [0.15, 0.2) is 0 Å². The molecule has 1 aliphatic rings. The van der Waals surface area contributed by atoms with Crippen LogP contribution >= 0.6 is 0 Å². The van der Waals surface area contributed by atoms with Gasteiger partial charge in [-0.2, -0.15) is 0 Å². The van der Waals surface area contributed by atoms with Gasteiger partial charge in [-0.05, 0) is 37.9 Å². The molecular weight excluding hydrogens is 230 g/mol. The molecule has 0 saturated carbocycles. The van der Waals surface area contributed by atoms with E-state index in [-0.39, 0.29) is 6.54 Å². The van der Waals surface area contributed by atoms with Crippen LogP contribution in [-0.2, 0) is 4.79 Å². The van der Waals surface area contributed by atoms with Crippen LogP contribution in [0.2, 0.25) is 0 Å². The van der Waals surface area contributed by atoms with Crippen LogP contribution in [0, 0.1) is 12.8 Å². The fourth-order valence-corrected chi connectivity index (χ4v) is 2.30. The largest absolute Gasteiger partial charge is 0.480 e.